The molecule has 1 aromatic heterocycles. The minimum Gasteiger partial charge on any atom is -0.317 e. The van der Waals surface area contributed by atoms with Crippen LogP contribution in [0.1, 0.15) is 32.3 Å². The van der Waals surface area contributed by atoms with E-state index in [0.717, 1.165) is 5.92 Å². The van der Waals surface area contributed by atoms with Crippen LogP contribution in [0, 0.1) is 5.92 Å². The molecule has 2 nitrogen and oxygen atoms in total. The van der Waals surface area contributed by atoms with Gasteiger partial charge in [0.1, 0.15) is 0 Å². The predicted molar refractivity (Wildman–Crippen MR) is 87.6 cm³/mol. The zero-order valence-corrected chi connectivity index (χ0v) is 13.7. The van der Waals surface area contributed by atoms with Crippen molar-refractivity contribution in [1.29, 1.82) is 0 Å². The molecule has 1 N–H and O–H groups in total. The van der Waals surface area contributed by atoms with E-state index in [-0.39, 0.29) is 12.4 Å². The largest absolute Gasteiger partial charge is 0.317 e. The Morgan fingerprint density at radius 3 is 2.74 bits per heavy atom. The highest BCUT2D eigenvalue weighted by Gasteiger charge is 2.19. The maximum absolute atomic E-state index is 3.45. The number of nitrogens with one attached hydrogen (secondary N) is 1. The molecule has 1 atom stereocenters. The summed E-state index contributed by atoms with van der Waals surface area (Å²) in [5.41, 5.74) is 1.50. The first-order valence-corrected chi connectivity index (χ1v) is 8.19. The van der Waals surface area contributed by atoms with Crippen molar-refractivity contribution in [2.24, 2.45) is 5.92 Å². The van der Waals surface area contributed by atoms with Crippen molar-refractivity contribution in [3.63, 3.8) is 0 Å². The smallest absolute Gasteiger partial charge is 0.0108 e. The van der Waals surface area contributed by atoms with Crippen LogP contribution in [0.15, 0.2) is 16.8 Å². The molecule has 1 fully saturated rings. The zero-order chi connectivity index (χ0) is 12.8. The van der Waals surface area contributed by atoms with Gasteiger partial charge in [-0.1, -0.05) is 6.92 Å². The summed E-state index contributed by atoms with van der Waals surface area (Å²) in [5, 5.41) is 7.93. The van der Waals surface area contributed by atoms with Crippen molar-refractivity contribution in [3.05, 3.63) is 22.4 Å². The predicted octanol–water partition coefficient (Wildman–Crippen LogP) is 3.42. The van der Waals surface area contributed by atoms with Crippen molar-refractivity contribution in [2.75, 3.05) is 26.2 Å². The van der Waals surface area contributed by atoms with E-state index < -0.39 is 0 Å². The highest BCUT2D eigenvalue weighted by Crippen LogP contribution is 2.17. The van der Waals surface area contributed by atoms with E-state index in [1.165, 1.54) is 51.0 Å². The standard InChI is InChI=1S/C15H26N2S.ClH/c1-3-17(11-14-4-7-16-8-5-14)13(2)10-15-6-9-18-12-15;/h6,9,12-14,16H,3-5,7-8,10-11H2,1-2H3;1H. The number of hydrogen-bond acceptors (Lipinski definition) is 3. The van der Waals surface area contributed by atoms with Crippen LogP contribution in [-0.2, 0) is 6.42 Å². The Kier molecular flexibility index (Phi) is 8.00. The van der Waals surface area contributed by atoms with Gasteiger partial charge >= 0.3 is 0 Å². The molecule has 1 aliphatic heterocycles. The molecule has 0 bridgehead atoms. The molecule has 2 rings (SSSR count). The summed E-state index contributed by atoms with van der Waals surface area (Å²) in [6.45, 7) is 9.55. The lowest BCUT2D eigenvalue weighted by molar-refractivity contribution is 0.167. The van der Waals surface area contributed by atoms with Gasteiger partial charge in [0, 0.05) is 12.6 Å². The van der Waals surface area contributed by atoms with E-state index in [2.05, 4.69) is 40.9 Å². The third-order valence-electron chi connectivity index (χ3n) is 4.09. The molecular formula is C15H27ClN2S. The Hall–Kier alpha value is -0.0900. The van der Waals surface area contributed by atoms with Gasteiger partial charge in [-0.25, -0.2) is 0 Å². The van der Waals surface area contributed by atoms with Gasteiger partial charge in [0.05, 0.1) is 0 Å². The van der Waals surface area contributed by atoms with E-state index in [4.69, 9.17) is 0 Å². The Morgan fingerprint density at radius 1 is 1.42 bits per heavy atom. The summed E-state index contributed by atoms with van der Waals surface area (Å²) in [6.07, 6.45) is 3.89. The Balaban J connectivity index is 0.00000180. The van der Waals surface area contributed by atoms with E-state index in [1.54, 1.807) is 0 Å². The van der Waals surface area contributed by atoms with Gasteiger partial charge in [-0.15, -0.1) is 12.4 Å². The first kappa shape index (κ1) is 17.0. The van der Waals surface area contributed by atoms with Crippen LogP contribution in [0.5, 0.6) is 0 Å². The zero-order valence-electron chi connectivity index (χ0n) is 12.1. The summed E-state index contributed by atoms with van der Waals surface area (Å²) < 4.78 is 0. The molecule has 1 unspecified atom stereocenters. The maximum atomic E-state index is 3.45. The number of piperidine rings is 1. The SMILES string of the molecule is CCN(CC1CCNCC1)C(C)Cc1ccsc1.Cl. The molecule has 0 spiro atoms. The number of likely N-dealkylation sites (N-methyl/N-ethyl adjacent to an activating group) is 1. The second kappa shape index (κ2) is 8.96. The van der Waals surface area contributed by atoms with Gasteiger partial charge in [0.15, 0.2) is 0 Å². The Morgan fingerprint density at radius 2 is 2.16 bits per heavy atom. The maximum Gasteiger partial charge on any atom is 0.0108 e. The van der Waals surface area contributed by atoms with Crippen LogP contribution in [-0.4, -0.2) is 37.1 Å². The van der Waals surface area contributed by atoms with Crippen LogP contribution in [0.2, 0.25) is 0 Å². The fraction of sp³-hybridized carbons (Fsp3) is 0.733. The van der Waals surface area contributed by atoms with E-state index in [0.29, 0.717) is 6.04 Å². The molecular weight excluding hydrogens is 276 g/mol. The lowest BCUT2D eigenvalue weighted by Crippen LogP contribution is -2.41. The molecule has 19 heavy (non-hydrogen) atoms. The molecule has 110 valence electrons. The van der Waals surface area contributed by atoms with Crippen molar-refractivity contribution >= 4 is 23.7 Å². The van der Waals surface area contributed by atoms with Crippen molar-refractivity contribution < 1.29 is 0 Å². The van der Waals surface area contributed by atoms with Gasteiger partial charge in [0.2, 0.25) is 0 Å². The third kappa shape index (κ3) is 5.42. The van der Waals surface area contributed by atoms with Crippen molar-refractivity contribution in [1.82, 2.24) is 10.2 Å². The average molecular weight is 303 g/mol. The number of hydrogen-bond donors (Lipinski definition) is 1. The van der Waals surface area contributed by atoms with Gasteiger partial charge in [-0.2, -0.15) is 11.3 Å². The van der Waals surface area contributed by atoms with Crippen LogP contribution in [0.3, 0.4) is 0 Å². The highest BCUT2D eigenvalue weighted by molar-refractivity contribution is 7.07. The molecule has 0 aliphatic carbocycles. The Labute approximate surface area is 128 Å². The number of nitrogens with zero attached hydrogens (tertiary/aromatic N) is 1. The minimum atomic E-state index is 0. The topological polar surface area (TPSA) is 15.3 Å². The molecule has 1 saturated heterocycles. The fourth-order valence-corrected chi connectivity index (χ4v) is 3.58. The first-order chi connectivity index (χ1) is 8.79. The summed E-state index contributed by atoms with van der Waals surface area (Å²) in [4.78, 5) is 2.66. The molecule has 1 aromatic rings. The molecule has 2 heterocycles. The second-order valence-electron chi connectivity index (χ2n) is 5.47. The monoisotopic (exact) mass is 302 g/mol. The molecule has 1 aliphatic rings. The normalized spacial score (nSPS) is 18.3. The van der Waals surface area contributed by atoms with Crippen molar-refractivity contribution in [3.8, 4) is 0 Å². The van der Waals surface area contributed by atoms with Crippen LogP contribution in [0.25, 0.3) is 0 Å². The average Bonchev–Trinajstić information content (AvgIpc) is 2.90. The van der Waals surface area contributed by atoms with Crippen LogP contribution >= 0.6 is 23.7 Å². The highest BCUT2D eigenvalue weighted by atomic mass is 35.5. The summed E-state index contributed by atoms with van der Waals surface area (Å²) in [7, 11) is 0. The van der Waals surface area contributed by atoms with E-state index in [9.17, 15) is 0 Å². The van der Waals surface area contributed by atoms with E-state index >= 15 is 0 Å². The Bertz CT molecular complexity index is 323. The first-order valence-electron chi connectivity index (χ1n) is 7.25. The molecule has 4 heteroatoms. The summed E-state index contributed by atoms with van der Waals surface area (Å²) in [5.74, 6) is 0.899. The molecule has 0 amide bonds. The quantitative estimate of drug-likeness (QED) is 0.866. The van der Waals surface area contributed by atoms with Gasteiger partial charge in [-0.3, -0.25) is 0 Å². The van der Waals surface area contributed by atoms with Crippen LogP contribution in [0.4, 0.5) is 0 Å². The summed E-state index contributed by atoms with van der Waals surface area (Å²) in [6, 6.07) is 2.93. The second-order valence-corrected chi connectivity index (χ2v) is 6.25. The van der Waals surface area contributed by atoms with Crippen LogP contribution < -0.4 is 5.32 Å². The molecule has 0 saturated carbocycles. The summed E-state index contributed by atoms with van der Waals surface area (Å²) >= 11 is 1.81. The minimum absolute atomic E-state index is 0. The third-order valence-corrected chi connectivity index (χ3v) is 4.82. The lowest BCUT2D eigenvalue weighted by Gasteiger charge is -2.33. The van der Waals surface area contributed by atoms with E-state index in [1.807, 2.05) is 11.3 Å². The molecule has 0 radical (unpaired) electrons. The number of rotatable bonds is 6. The number of halogens is 1. The van der Waals surface area contributed by atoms with Crippen molar-refractivity contribution in [2.45, 2.75) is 39.2 Å². The molecule has 0 aromatic carbocycles. The number of thiophene rings is 1. The van der Waals surface area contributed by atoms with Gasteiger partial charge in [0.25, 0.3) is 0 Å². The van der Waals surface area contributed by atoms with Gasteiger partial charge < -0.3 is 10.2 Å². The fourth-order valence-electron chi connectivity index (χ4n) is 2.90. The van der Waals surface area contributed by atoms with Gasteiger partial charge in [-0.05, 0) is 74.1 Å². The lowest BCUT2D eigenvalue weighted by atomic mass is 9.96.